The third-order valence-corrected chi connectivity index (χ3v) is 6.98. The van der Waals surface area contributed by atoms with Crippen LogP contribution >= 0.6 is 0 Å². The van der Waals surface area contributed by atoms with E-state index in [1.807, 2.05) is 25.1 Å². The van der Waals surface area contributed by atoms with Crippen LogP contribution in [-0.4, -0.2) is 31.1 Å². The van der Waals surface area contributed by atoms with E-state index in [-0.39, 0.29) is 10.8 Å². The van der Waals surface area contributed by atoms with E-state index in [9.17, 15) is 13.2 Å². The summed E-state index contributed by atoms with van der Waals surface area (Å²) >= 11 is 0. The number of hydrazone groups is 1. The number of rotatable bonds is 6. The minimum Gasteiger partial charge on any atom is -0.497 e. The van der Waals surface area contributed by atoms with E-state index in [4.69, 9.17) is 4.74 Å². The Bertz CT molecular complexity index is 1460. The van der Waals surface area contributed by atoms with Crippen LogP contribution in [0.4, 0.5) is 0 Å². The second kappa shape index (κ2) is 8.91. The Hall–Kier alpha value is -3.91. The number of aromatic nitrogens is 1. The topological polar surface area (TPSA) is 89.8 Å². The Morgan fingerprint density at radius 3 is 2.36 bits per heavy atom. The number of benzene rings is 3. The standard InChI is InChI=1S/C25H23N3O4S/c1-17-9-14-22-23(18(2)26-27-25(29)19-10-12-20(32-3)13-11-19)16-28(24(22)15-17)33(30,31)21-7-5-4-6-8-21/h4-16H,1-3H3,(H,27,29)/b26-18+. The fraction of sp³-hybridized carbons (Fsp3) is 0.120. The lowest BCUT2D eigenvalue weighted by Gasteiger charge is -2.07. The molecule has 0 spiro atoms. The SMILES string of the molecule is COc1ccc(C(=O)N/N=C(\C)c2cn(S(=O)(=O)c3ccccc3)c3cc(C)ccc23)cc1. The first-order valence-electron chi connectivity index (χ1n) is 10.2. The van der Waals surface area contributed by atoms with Crippen LogP contribution in [0.1, 0.15) is 28.4 Å². The van der Waals surface area contributed by atoms with Crippen LogP contribution in [0, 0.1) is 6.92 Å². The Morgan fingerprint density at radius 2 is 1.70 bits per heavy atom. The number of carbonyl (C=O) groups excluding carboxylic acids is 1. The summed E-state index contributed by atoms with van der Waals surface area (Å²) < 4.78 is 33.1. The van der Waals surface area contributed by atoms with Crippen molar-refractivity contribution in [2.45, 2.75) is 18.7 Å². The highest BCUT2D eigenvalue weighted by Gasteiger charge is 2.22. The summed E-state index contributed by atoms with van der Waals surface area (Å²) in [6, 6.07) is 20.5. The molecule has 1 heterocycles. The van der Waals surface area contributed by atoms with Gasteiger partial charge >= 0.3 is 0 Å². The second-order valence-electron chi connectivity index (χ2n) is 7.54. The highest BCUT2D eigenvalue weighted by atomic mass is 32.2. The first-order chi connectivity index (χ1) is 15.8. The summed E-state index contributed by atoms with van der Waals surface area (Å²) in [4.78, 5) is 12.7. The number of amides is 1. The van der Waals surface area contributed by atoms with Crippen molar-refractivity contribution in [2.24, 2.45) is 5.10 Å². The average Bonchev–Trinajstić information content (AvgIpc) is 3.22. The van der Waals surface area contributed by atoms with E-state index >= 15 is 0 Å². The highest BCUT2D eigenvalue weighted by Crippen LogP contribution is 2.27. The molecule has 0 saturated carbocycles. The lowest BCUT2D eigenvalue weighted by atomic mass is 10.1. The van der Waals surface area contributed by atoms with Crippen molar-refractivity contribution in [1.29, 1.82) is 0 Å². The molecule has 0 unspecified atom stereocenters. The van der Waals surface area contributed by atoms with E-state index in [2.05, 4.69) is 10.5 Å². The van der Waals surface area contributed by atoms with Crippen LogP contribution in [-0.2, 0) is 10.0 Å². The van der Waals surface area contributed by atoms with Crippen molar-refractivity contribution in [3.05, 3.63) is 95.7 Å². The van der Waals surface area contributed by atoms with Gasteiger partial charge in [-0.3, -0.25) is 4.79 Å². The van der Waals surface area contributed by atoms with Crippen molar-refractivity contribution >= 4 is 32.5 Å². The van der Waals surface area contributed by atoms with Gasteiger partial charge in [0, 0.05) is 22.7 Å². The van der Waals surface area contributed by atoms with Gasteiger partial charge in [0.1, 0.15) is 5.75 Å². The number of nitrogens with one attached hydrogen (secondary N) is 1. The maximum atomic E-state index is 13.3. The molecule has 0 aliphatic carbocycles. The van der Waals surface area contributed by atoms with Crippen LogP contribution in [0.15, 0.2) is 89.0 Å². The Morgan fingerprint density at radius 1 is 1.00 bits per heavy atom. The molecule has 0 atom stereocenters. The number of hydrogen-bond donors (Lipinski definition) is 1. The number of nitrogens with zero attached hydrogens (tertiary/aromatic N) is 2. The molecule has 0 aliphatic rings. The molecule has 0 bridgehead atoms. The Kier molecular flexibility index (Phi) is 6.02. The molecular weight excluding hydrogens is 438 g/mol. The maximum Gasteiger partial charge on any atom is 0.271 e. The van der Waals surface area contributed by atoms with Gasteiger partial charge in [0.25, 0.3) is 15.9 Å². The minimum atomic E-state index is -3.81. The van der Waals surface area contributed by atoms with Crippen molar-refractivity contribution in [2.75, 3.05) is 7.11 Å². The minimum absolute atomic E-state index is 0.192. The molecule has 1 amide bonds. The number of aryl methyl sites for hydroxylation is 1. The molecule has 4 rings (SSSR count). The third-order valence-electron chi connectivity index (χ3n) is 5.29. The predicted octanol–water partition coefficient (Wildman–Crippen LogP) is 4.35. The molecule has 0 fully saturated rings. The van der Waals surface area contributed by atoms with Crippen molar-refractivity contribution in [1.82, 2.24) is 9.40 Å². The lowest BCUT2D eigenvalue weighted by Crippen LogP contribution is -2.19. The van der Waals surface area contributed by atoms with Gasteiger partial charge in [0.15, 0.2) is 0 Å². The van der Waals surface area contributed by atoms with Gasteiger partial charge in [-0.05, 0) is 61.9 Å². The van der Waals surface area contributed by atoms with Crippen molar-refractivity contribution in [3.8, 4) is 5.75 Å². The molecule has 4 aromatic rings. The fourth-order valence-corrected chi connectivity index (χ4v) is 4.89. The highest BCUT2D eigenvalue weighted by molar-refractivity contribution is 7.90. The molecule has 33 heavy (non-hydrogen) atoms. The summed E-state index contributed by atoms with van der Waals surface area (Å²) in [6.45, 7) is 3.63. The third kappa shape index (κ3) is 4.38. The molecule has 0 saturated heterocycles. The molecular formula is C25H23N3O4S. The van der Waals surface area contributed by atoms with Gasteiger partial charge in [-0.1, -0.05) is 30.3 Å². The van der Waals surface area contributed by atoms with Crippen molar-refractivity contribution in [3.63, 3.8) is 0 Å². The molecule has 0 aliphatic heterocycles. The molecule has 8 heteroatoms. The Labute approximate surface area is 192 Å². The van der Waals surface area contributed by atoms with Gasteiger partial charge in [-0.2, -0.15) is 5.10 Å². The molecule has 3 aromatic carbocycles. The number of hydrogen-bond acceptors (Lipinski definition) is 5. The van der Waals surface area contributed by atoms with Gasteiger partial charge < -0.3 is 4.74 Å². The normalized spacial score (nSPS) is 12.0. The number of fused-ring (bicyclic) bond motifs is 1. The summed E-state index contributed by atoms with van der Waals surface area (Å²) in [5.74, 6) is 0.266. The predicted molar refractivity (Wildman–Crippen MR) is 128 cm³/mol. The summed E-state index contributed by atoms with van der Waals surface area (Å²) in [6.07, 6.45) is 1.55. The van der Waals surface area contributed by atoms with Crippen LogP contribution in [0.3, 0.4) is 0 Å². The van der Waals surface area contributed by atoms with E-state index in [0.29, 0.717) is 28.1 Å². The zero-order valence-electron chi connectivity index (χ0n) is 18.4. The Balaban J connectivity index is 1.72. The van der Waals surface area contributed by atoms with Gasteiger partial charge in [-0.15, -0.1) is 0 Å². The number of carbonyl (C=O) groups is 1. The molecule has 1 N–H and O–H groups in total. The van der Waals surface area contributed by atoms with Crippen LogP contribution in [0.5, 0.6) is 5.75 Å². The summed E-state index contributed by atoms with van der Waals surface area (Å²) in [5, 5.41) is 4.95. The van der Waals surface area contributed by atoms with E-state index in [0.717, 1.165) is 10.9 Å². The first-order valence-corrected chi connectivity index (χ1v) is 11.7. The van der Waals surface area contributed by atoms with Gasteiger partial charge in [-0.25, -0.2) is 17.8 Å². The molecule has 0 radical (unpaired) electrons. The number of methoxy groups -OCH3 is 1. The quantitative estimate of drug-likeness (QED) is 0.341. The van der Waals surface area contributed by atoms with Crippen LogP contribution < -0.4 is 10.2 Å². The largest absolute Gasteiger partial charge is 0.497 e. The molecule has 168 valence electrons. The maximum absolute atomic E-state index is 13.3. The number of ether oxygens (including phenoxy) is 1. The van der Waals surface area contributed by atoms with Crippen molar-refractivity contribution < 1.29 is 17.9 Å². The monoisotopic (exact) mass is 461 g/mol. The van der Waals surface area contributed by atoms with Crippen LogP contribution in [0.2, 0.25) is 0 Å². The first kappa shape index (κ1) is 22.3. The van der Waals surface area contributed by atoms with E-state index in [1.54, 1.807) is 74.8 Å². The second-order valence-corrected chi connectivity index (χ2v) is 9.36. The van der Waals surface area contributed by atoms with E-state index < -0.39 is 10.0 Å². The molecule has 7 nitrogen and oxygen atoms in total. The van der Waals surface area contributed by atoms with E-state index in [1.165, 1.54) is 3.97 Å². The average molecular weight is 462 g/mol. The smallest absolute Gasteiger partial charge is 0.271 e. The molecule has 1 aromatic heterocycles. The van der Waals surface area contributed by atoms with Gasteiger partial charge in [0.05, 0.1) is 23.2 Å². The van der Waals surface area contributed by atoms with Crippen LogP contribution in [0.25, 0.3) is 10.9 Å². The summed E-state index contributed by atoms with van der Waals surface area (Å²) in [5.41, 5.74) is 5.53. The zero-order chi connectivity index (χ0) is 23.6. The lowest BCUT2D eigenvalue weighted by molar-refractivity contribution is 0.0955. The fourth-order valence-electron chi connectivity index (χ4n) is 3.50. The van der Waals surface area contributed by atoms with Gasteiger partial charge in [0.2, 0.25) is 0 Å². The summed E-state index contributed by atoms with van der Waals surface area (Å²) in [7, 11) is -2.26. The zero-order valence-corrected chi connectivity index (χ0v) is 19.3.